The fourth-order valence-electron chi connectivity index (χ4n) is 6.26. The van der Waals surface area contributed by atoms with Gasteiger partial charge in [0.2, 0.25) is 0 Å². The number of benzene rings is 6. The Bertz CT molecular complexity index is 1430. The molecule has 0 saturated heterocycles. The van der Waals surface area contributed by atoms with Crippen LogP contribution in [0.5, 0.6) is 0 Å². The molecule has 6 aromatic rings. The Morgan fingerprint density at radius 2 is 0.477 bits per heavy atom. The summed E-state index contributed by atoms with van der Waals surface area (Å²) in [6.45, 7) is 3.35. The van der Waals surface area contributed by atoms with E-state index in [1.807, 2.05) is 0 Å². The third kappa shape index (κ3) is 7.79. The van der Waals surface area contributed by atoms with Crippen LogP contribution in [-0.4, -0.2) is 9.80 Å². The molecule has 0 radical (unpaired) electrons. The Kier molecular flexibility index (Phi) is 10.1. The Morgan fingerprint density at radius 3 is 0.705 bits per heavy atom. The minimum atomic E-state index is 0.0754. The maximum atomic E-state index is 2.68. The molecule has 6 rings (SSSR count). The van der Waals surface area contributed by atoms with E-state index in [1.54, 1.807) is 0 Å². The molecule has 6 aromatic carbocycles. The summed E-state index contributed by atoms with van der Waals surface area (Å²) in [5.74, 6) is 0. The summed E-state index contributed by atoms with van der Waals surface area (Å²) in [5.41, 5.74) is 7.89. The van der Waals surface area contributed by atoms with Crippen molar-refractivity contribution < 1.29 is 0 Å². The number of rotatable bonds is 13. The number of nitrogens with zero attached hydrogens (tertiary/aromatic N) is 2. The predicted octanol–water partition coefficient (Wildman–Crippen LogP) is 9.87. The highest BCUT2D eigenvalue weighted by molar-refractivity contribution is 5.31. The van der Waals surface area contributed by atoms with Crippen molar-refractivity contribution in [2.45, 2.75) is 38.3 Å². The van der Waals surface area contributed by atoms with Crippen LogP contribution in [0, 0.1) is 0 Å². The molecule has 0 aliphatic heterocycles. The van der Waals surface area contributed by atoms with Crippen LogP contribution in [0.4, 0.5) is 0 Å². The zero-order chi connectivity index (χ0) is 29.8. The van der Waals surface area contributed by atoms with Crippen LogP contribution < -0.4 is 0 Å². The third-order valence-electron chi connectivity index (χ3n) is 8.28. The van der Waals surface area contributed by atoms with Crippen LogP contribution in [0.3, 0.4) is 0 Å². The van der Waals surface area contributed by atoms with Crippen molar-refractivity contribution in [3.05, 3.63) is 215 Å². The summed E-state index contributed by atoms with van der Waals surface area (Å²) in [4.78, 5) is 5.36. The highest BCUT2D eigenvalue weighted by Crippen LogP contribution is 2.41. The topological polar surface area (TPSA) is 6.48 Å². The summed E-state index contributed by atoms with van der Waals surface area (Å²) < 4.78 is 0. The van der Waals surface area contributed by atoms with Crippen LogP contribution in [0.15, 0.2) is 182 Å². The van der Waals surface area contributed by atoms with E-state index in [2.05, 4.69) is 192 Å². The van der Waals surface area contributed by atoms with E-state index in [0.717, 1.165) is 26.2 Å². The van der Waals surface area contributed by atoms with Gasteiger partial charge in [-0.1, -0.05) is 182 Å². The lowest BCUT2D eigenvalue weighted by atomic mass is 9.89. The second kappa shape index (κ2) is 15.1. The van der Waals surface area contributed by atoms with Crippen LogP contribution in [0.25, 0.3) is 0 Å². The van der Waals surface area contributed by atoms with Gasteiger partial charge < -0.3 is 0 Å². The molecule has 0 spiro atoms. The predicted molar refractivity (Wildman–Crippen MR) is 183 cm³/mol. The molecule has 44 heavy (non-hydrogen) atoms. The lowest BCUT2D eigenvalue weighted by molar-refractivity contribution is 0.0546. The first-order valence-corrected chi connectivity index (χ1v) is 15.6. The van der Waals surface area contributed by atoms with Crippen molar-refractivity contribution in [3.63, 3.8) is 0 Å². The van der Waals surface area contributed by atoms with Gasteiger partial charge in [-0.2, -0.15) is 0 Å². The van der Waals surface area contributed by atoms with E-state index < -0.39 is 0 Å². The molecule has 2 atom stereocenters. The summed E-state index contributed by atoms with van der Waals surface area (Å²) in [6.07, 6.45) is 0. The minimum Gasteiger partial charge on any atom is -0.286 e. The molecule has 2 nitrogen and oxygen atoms in total. The normalized spacial score (nSPS) is 12.7. The van der Waals surface area contributed by atoms with Crippen molar-refractivity contribution in [3.8, 4) is 0 Å². The smallest absolute Gasteiger partial charge is 0.0552 e. The van der Waals surface area contributed by atoms with Crippen molar-refractivity contribution in [2.75, 3.05) is 0 Å². The van der Waals surface area contributed by atoms with Gasteiger partial charge in [0, 0.05) is 26.2 Å². The van der Waals surface area contributed by atoms with E-state index >= 15 is 0 Å². The first-order valence-electron chi connectivity index (χ1n) is 15.6. The summed E-state index contributed by atoms with van der Waals surface area (Å²) in [6, 6.07) is 66.1. The quantitative estimate of drug-likeness (QED) is 0.136. The van der Waals surface area contributed by atoms with E-state index in [-0.39, 0.29) is 12.1 Å². The van der Waals surface area contributed by atoms with Crippen LogP contribution >= 0.6 is 0 Å². The van der Waals surface area contributed by atoms with Gasteiger partial charge in [0.15, 0.2) is 0 Å². The van der Waals surface area contributed by atoms with E-state index in [1.165, 1.54) is 33.4 Å². The molecule has 0 heterocycles. The highest BCUT2D eigenvalue weighted by atomic mass is 15.2. The molecule has 0 aliphatic rings. The lowest BCUT2D eigenvalue weighted by Gasteiger charge is -2.43. The Hall–Kier alpha value is -4.76. The molecule has 0 amide bonds. The molecule has 218 valence electrons. The zero-order valence-corrected chi connectivity index (χ0v) is 25.2. The lowest BCUT2D eigenvalue weighted by Crippen LogP contribution is -2.40. The van der Waals surface area contributed by atoms with E-state index in [4.69, 9.17) is 0 Å². The van der Waals surface area contributed by atoms with E-state index in [9.17, 15) is 0 Å². The maximum Gasteiger partial charge on any atom is 0.0552 e. The molecule has 0 aliphatic carbocycles. The van der Waals surface area contributed by atoms with Gasteiger partial charge >= 0.3 is 0 Å². The molecule has 0 fully saturated rings. The second-order valence-corrected chi connectivity index (χ2v) is 11.5. The Morgan fingerprint density at radius 1 is 0.273 bits per heavy atom. The maximum absolute atomic E-state index is 2.68. The SMILES string of the molecule is c1ccc(CN(Cc2ccccc2)C(c2ccccc2)C(c2ccccc2)N(Cc2ccccc2)Cc2ccccc2)cc1. The van der Waals surface area contributed by atoms with Crippen molar-refractivity contribution in [2.24, 2.45) is 0 Å². The van der Waals surface area contributed by atoms with Gasteiger partial charge in [-0.15, -0.1) is 0 Å². The number of hydrogen-bond acceptors (Lipinski definition) is 2. The first kappa shape index (κ1) is 29.3. The fraction of sp³-hybridized carbons (Fsp3) is 0.143. The average molecular weight is 573 g/mol. The average Bonchev–Trinajstić information content (AvgIpc) is 3.09. The zero-order valence-electron chi connectivity index (χ0n) is 25.2. The van der Waals surface area contributed by atoms with Crippen molar-refractivity contribution in [1.29, 1.82) is 0 Å². The number of hydrogen-bond donors (Lipinski definition) is 0. The van der Waals surface area contributed by atoms with Crippen LogP contribution in [0.2, 0.25) is 0 Å². The molecule has 0 bridgehead atoms. The minimum absolute atomic E-state index is 0.0754. The van der Waals surface area contributed by atoms with Gasteiger partial charge in [-0.05, 0) is 33.4 Å². The van der Waals surface area contributed by atoms with Gasteiger partial charge in [0.25, 0.3) is 0 Å². The Balaban J connectivity index is 1.52. The standard InChI is InChI=1S/C42H40N2/c1-7-19-35(20-8-1)31-43(32-36-21-9-2-10-22-36)41(39-27-15-5-16-28-39)42(40-29-17-6-18-30-40)44(33-37-23-11-3-12-24-37)34-38-25-13-4-14-26-38/h1-30,41-42H,31-34H2. The van der Waals surface area contributed by atoms with Crippen LogP contribution in [0.1, 0.15) is 45.5 Å². The Labute approximate surface area is 262 Å². The van der Waals surface area contributed by atoms with Crippen molar-refractivity contribution in [1.82, 2.24) is 9.80 Å². The van der Waals surface area contributed by atoms with Gasteiger partial charge in [0.05, 0.1) is 12.1 Å². The molecule has 2 unspecified atom stereocenters. The van der Waals surface area contributed by atoms with Gasteiger partial charge in [-0.25, -0.2) is 0 Å². The first-order chi connectivity index (χ1) is 21.8. The third-order valence-corrected chi connectivity index (χ3v) is 8.28. The monoisotopic (exact) mass is 572 g/mol. The van der Waals surface area contributed by atoms with Crippen molar-refractivity contribution >= 4 is 0 Å². The van der Waals surface area contributed by atoms with Crippen LogP contribution in [-0.2, 0) is 26.2 Å². The molecule has 0 aromatic heterocycles. The molecule has 2 heteroatoms. The highest BCUT2D eigenvalue weighted by Gasteiger charge is 2.35. The largest absolute Gasteiger partial charge is 0.286 e. The molecular weight excluding hydrogens is 532 g/mol. The summed E-state index contributed by atoms with van der Waals surface area (Å²) >= 11 is 0. The summed E-state index contributed by atoms with van der Waals surface area (Å²) in [5, 5.41) is 0. The van der Waals surface area contributed by atoms with Gasteiger partial charge in [0.1, 0.15) is 0 Å². The fourth-order valence-corrected chi connectivity index (χ4v) is 6.26. The van der Waals surface area contributed by atoms with Gasteiger partial charge in [-0.3, -0.25) is 9.80 Å². The second-order valence-electron chi connectivity index (χ2n) is 11.5. The molecule has 0 saturated carbocycles. The summed E-state index contributed by atoms with van der Waals surface area (Å²) in [7, 11) is 0. The molecular formula is C42H40N2. The van der Waals surface area contributed by atoms with E-state index in [0.29, 0.717) is 0 Å². The molecule has 0 N–H and O–H groups in total.